The highest BCUT2D eigenvalue weighted by Crippen LogP contribution is 1.92. The van der Waals surface area contributed by atoms with Crippen LogP contribution in [0.5, 0.6) is 0 Å². The van der Waals surface area contributed by atoms with Crippen molar-refractivity contribution in [3.63, 3.8) is 0 Å². The van der Waals surface area contributed by atoms with Crippen LogP contribution in [0.4, 0.5) is 0 Å². The smallest absolute Gasteiger partial charge is 0.235 e. The van der Waals surface area contributed by atoms with Crippen LogP contribution in [0.1, 0.15) is 5.56 Å². The summed E-state index contributed by atoms with van der Waals surface area (Å²) in [7, 11) is 0. The first-order valence-electron chi connectivity index (χ1n) is 4.84. The monoisotopic (exact) mass is 211 g/mol. The van der Waals surface area contributed by atoms with Gasteiger partial charge >= 0.3 is 0 Å². The molecule has 1 heterocycles. The van der Waals surface area contributed by atoms with E-state index in [0.717, 1.165) is 12.1 Å². The van der Waals surface area contributed by atoms with Gasteiger partial charge in [0.05, 0.1) is 18.8 Å². The predicted molar refractivity (Wildman–Crippen MR) is 57.0 cm³/mol. The molecule has 0 aliphatic carbocycles. The zero-order chi connectivity index (χ0) is 11.3. The predicted octanol–water partition coefficient (Wildman–Crippen LogP) is -1.41. The van der Waals surface area contributed by atoms with Crippen molar-refractivity contribution in [1.29, 1.82) is 0 Å². The van der Waals surface area contributed by atoms with Crippen LogP contribution in [0, 0.1) is 6.92 Å². The van der Waals surface area contributed by atoms with E-state index in [2.05, 4.69) is 10.4 Å². The molecule has 0 bridgehead atoms. The van der Waals surface area contributed by atoms with Gasteiger partial charge in [0, 0.05) is 19.3 Å². The van der Waals surface area contributed by atoms with Gasteiger partial charge in [-0.15, -0.1) is 0 Å². The molecule has 0 saturated carbocycles. The Balaban J connectivity index is 2.14. The van der Waals surface area contributed by atoms with Crippen molar-refractivity contribution < 1.29 is 4.79 Å². The van der Waals surface area contributed by atoms with E-state index in [1.807, 2.05) is 17.8 Å². The molecule has 1 atom stereocenters. The van der Waals surface area contributed by atoms with Gasteiger partial charge in [-0.05, 0) is 12.5 Å². The molecule has 1 unspecified atom stereocenters. The Bertz CT molecular complexity index is 322. The third-order valence-electron chi connectivity index (χ3n) is 2.01. The molecule has 5 N–H and O–H groups in total. The topological polar surface area (TPSA) is 99.0 Å². The molecule has 1 aromatic heterocycles. The lowest BCUT2D eigenvalue weighted by Gasteiger charge is -2.08. The Kier molecular flexibility index (Phi) is 4.26. The molecule has 6 nitrogen and oxygen atoms in total. The van der Waals surface area contributed by atoms with Crippen LogP contribution in [0.15, 0.2) is 12.4 Å². The number of aromatic nitrogens is 2. The van der Waals surface area contributed by atoms with Crippen molar-refractivity contribution in [2.75, 3.05) is 13.1 Å². The average Bonchev–Trinajstić information content (AvgIpc) is 2.58. The third kappa shape index (κ3) is 4.09. The highest BCUT2D eigenvalue weighted by Gasteiger charge is 2.07. The first-order chi connectivity index (χ1) is 7.09. The van der Waals surface area contributed by atoms with Crippen LogP contribution >= 0.6 is 0 Å². The molecular weight excluding hydrogens is 194 g/mol. The number of rotatable bonds is 6. The van der Waals surface area contributed by atoms with E-state index in [1.165, 1.54) is 0 Å². The maximum Gasteiger partial charge on any atom is 0.235 e. The lowest BCUT2D eigenvalue weighted by Crippen LogP contribution is -2.44. The van der Waals surface area contributed by atoms with Gasteiger partial charge in [0.25, 0.3) is 0 Å². The quantitative estimate of drug-likeness (QED) is 0.504. The molecule has 0 aromatic carbocycles. The van der Waals surface area contributed by atoms with Crippen molar-refractivity contribution in [2.24, 2.45) is 11.5 Å². The van der Waals surface area contributed by atoms with Gasteiger partial charge in [0.15, 0.2) is 0 Å². The van der Waals surface area contributed by atoms with Crippen LogP contribution in [-0.4, -0.2) is 34.8 Å². The number of primary amides is 1. The highest BCUT2D eigenvalue weighted by atomic mass is 16.1. The molecule has 1 aromatic rings. The summed E-state index contributed by atoms with van der Waals surface area (Å²) in [4.78, 5) is 10.6. The van der Waals surface area contributed by atoms with Crippen LogP contribution in [0.3, 0.4) is 0 Å². The van der Waals surface area contributed by atoms with Crippen LogP contribution in [0.25, 0.3) is 0 Å². The Hall–Kier alpha value is -1.40. The molecule has 84 valence electrons. The van der Waals surface area contributed by atoms with Crippen LogP contribution in [0.2, 0.25) is 0 Å². The summed E-state index contributed by atoms with van der Waals surface area (Å²) in [6.07, 6.45) is 3.75. The summed E-state index contributed by atoms with van der Waals surface area (Å²) in [5.41, 5.74) is 11.6. The first kappa shape index (κ1) is 11.7. The van der Waals surface area contributed by atoms with E-state index in [4.69, 9.17) is 11.5 Å². The van der Waals surface area contributed by atoms with Gasteiger partial charge < -0.3 is 16.8 Å². The van der Waals surface area contributed by atoms with Gasteiger partial charge in [-0.3, -0.25) is 9.48 Å². The number of aryl methyl sites for hydroxylation is 1. The fourth-order valence-electron chi connectivity index (χ4n) is 1.14. The van der Waals surface area contributed by atoms with Gasteiger partial charge in [0.1, 0.15) is 0 Å². The summed E-state index contributed by atoms with van der Waals surface area (Å²) in [6.45, 7) is 3.84. The number of carbonyl (C=O) groups is 1. The minimum atomic E-state index is -0.621. The number of amides is 1. The second kappa shape index (κ2) is 5.47. The largest absolute Gasteiger partial charge is 0.368 e. The molecule has 0 saturated heterocycles. The van der Waals surface area contributed by atoms with E-state index in [-0.39, 0.29) is 0 Å². The lowest BCUT2D eigenvalue weighted by molar-refractivity contribution is -0.119. The maximum absolute atomic E-state index is 10.6. The molecule has 0 radical (unpaired) electrons. The van der Waals surface area contributed by atoms with Crippen molar-refractivity contribution >= 4 is 5.91 Å². The van der Waals surface area contributed by atoms with E-state index in [1.54, 1.807) is 6.20 Å². The standard InChI is InChI=1S/C9H17N5O/c1-7-4-13-14(6-7)3-2-12-5-8(10)9(11)15/h4,6,8,12H,2-3,5,10H2,1H3,(H2,11,15). The van der Waals surface area contributed by atoms with Crippen molar-refractivity contribution in [1.82, 2.24) is 15.1 Å². The van der Waals surface area contributed by atoms with Crippen LogP contribution in [-0.2, 0) is 11.3 Å². The van der Waals surface area contributed by atoms with Crippen molar-refractivity contribution in [3.05, 3.63) is 18.0 Å². The summed E-state index contributed by atoms with van der Waals surface area (Å²) >= 11 is 0. The molecule has 0 spiro atoms. The molecule has 0 aliphatic rings. The van der Waals surface area contributed by atoms with Crippen molar-refractivity contribution in [2.45, 2.75) is 19.5 Å². The minimum absolute atomic E-state index is 0.398. The molecule has 1 rings (SSSR count). The zero-order valence-corrected chi connectivity index (χ0v) is 8.81. The van der Waals surface area contributed by atoms with Gasteiger partial charge in [-0.2, -0.15) is 5.10 Å². The molecule has 15 heavy (non-hydrogen) atoms. The SMILES string of the molecule is Cc1cnn(CCNCC(N)C(N)=O)c1. The minimum Gasteiger partial charge on any atom is -0.368 e. The second-order valence-corrected chi connectivity index (χ2v) is 3.49. The van der Waals surface area contributed by atoms with Gasteiger partial charge in [0.2, 0.25) is 5.91 Å². The van der Waals surface area contributed by atoms with Gasteiger partial charge in [-0.1, -0.05) is 0 Å². The number of nitrogens with one attached hydrogen (secondary N) is 1. The fourth-order valence-corrected chi connectivity index (χ4v) is 1.14. The third-order valence-corrected chi connectivity index (χ3v) is 2.01. The lowest BCUT2D eigenvalue weighted by atomic mass is 10.3. The number of hydrogen-bond donors (Lipinski definition) is 3. The Morgan fingerprint density at radius 3 is 3.00 bits per heavy atom. The molecule has 6 heteroatoms. The number of nitrogens with zero attached hydrogens (tertiary/aromatic N) is 2. The zero-order valence-electron chi connectivity index (χ0n) is 8.81. The Morgan fingerprint density at radius 2 is 2.47 bits per heavy atom. The summed E-state index contributed by atoms with van der Waals surface area (Å²) in [6, 6.07) is -0.621. The molecule has 1 amide bonds. The fraction of sp³-hybridized carbons (Fsp3) is 0.556. The van der Waals surface area contributed by atoms with Crippen LogP contribution < -0.4 is 16.8 Å². The summed E-state index contributed by atoms with van der Waals surface area (Å²) < 4.78 is 1.83. The summed E-state index contributed by atoms with van der Waals surface area (Å²) in [5.74, 6) is -0.488. The van der Waals surface area contributed by atoms with E-state index >= 15 is 0 Å². The number of carbonyl (C=O) groups excluding carboxylic acids is 1. The maximum atomic E-state index is 10.6. The first-order valence-corrected chi connectivity index (χ1v) is 4.84. The molecular formula is C9H17N5O. The number of hydrogen-bond acceptors (Lipinski definition) is 4. The Morgan fingerprint density at radius 1 is 1.73 bits per heavy atom. The van der Waals surface area contributed by atoms with E-state index in [0.29, 0.717) is 13.1 Å². The Labute approximate surface area is 88.6 Å². The molecule has 0 aliphatic heterocycles. The summed E-state index contributed by atoms with van der Waals surface area (Å²) in [5, 5.41) is 7.16. The second-order valence-electron chi connectivity index (χ2n) is 3.49. The van der Waals surface area contributed by atoms with E-state index < -0.39 is 11.9 Å². The average molecular weight is 211 g/mol. The van der Waals surface area contributed by atoms with Crippen molar-refractivity contribution in [3.8, 4) is 0 Å². The molecule has 0 fully saturated rings. The van der Waals surface area contributed by atoms with E-state index in [9.17, 15) is 4.79 Å². The number of nitrogens with two attached hydrogens (primary N) is 2. The highest BCUT2D eigenvalue weighted by molar-refractivity contribution is 5.79. The normalized spacial score (nSPS) is 12.7. The van der Waals surface area contributed by atoms with Gasteiger partial charge in [-0.25, -0.2) is 0 Å².